The Labute approximate surface area is 137 Å². The standard InChI is InChI=1S/C16H13Cl2N3O/c1-2-21-14-6-4-3-5-13(14)19-16(21)20-15(22)11-9-10(17)7-8-12(11)18/h3-9H,2H2,1H3,(H,19,20,22). The molecule has 0 saturated carbocycles. The van der Waals surface area contributed by atoms with Crippen molar-refractivity contribution in [3.63, 3.8) is 0 Å². The number of hydrogen-bond donors (Lipinski definition) is 1. The number of amides is 1. The fourth-order valence-electron chi connectivity index (χ4n) is 2.33. The van der Waals surface area contributed by atoms with Gasteiger partial charge in [-0.25, -0.2) is 4.98 Å². The molecule has 6 heteroatoms. The maximum atomic E-state index is 12.4. The number of aryl methyl sites for hydroxylation is 1. The second-order valence-electron chi connectivity index (χ2n) is 4.75. The third-order valence-electron chi connectivity index (χ3n) is 3.37. The minimum atomic E-state index is -0.336. The second kappa shape index (κ2) is 5.99. The fourth-order valence-corrected chi connectivity index (χ4v) is 2.71. The maximum absolute atomic E-state index is 12.4. The van der Waals surface area contributed by atoms with Crippen LogP contribution in [0.4, 0.5) is 5.95 Å². The van der Waals surface area contributed by atoms with Crippen LogP contribution in [0.5, 0.6) is 0 Å². The molecule has 3 aromatic rings. The van der Waals surface area contributed by atoms with Gasteiger partial charge in [-0.05, 0) is 37.3 Å². The van der Waals surface area contributed by atoms with Crippen LogP contribution < -0.4 is 5.32 Å². The zero-order valence-corrected chi connectivity index (χ0v) is 13.3. The minimum Gasteiger partial charge on any atom is -0.310 e. The molecular formula is C16H13Cl2N3O. The SMILES string of the molecule is CCn1c(NC(=O)c2cc(Cl)ccc2Cl)nc2ccccc21. The largest absolute Gasteiger partial charge is 0.310 e. The van der Waals surface area contributed by atoms with Crippen LogP contribution in [0.3, 0.4) is 0 Å². The molecule has 22 heavy (non-hydrogen) atoms. The number of nitrogens with zero attached hydrogens (tertiary/aromatic N) is 2. The van der Waals surface area contributed by atoms with Gasteiger partial charge in [-0.2, -0.15) is 0 Å². The van der Waals surface area contributed by atoms with Crippen LogP contribution in [0.1, 0.15) is 17.3 Å². The quantitative estimate of drug-likeness (QED) is 0.760. The van der Waals surface area contributed by atoms with E-state index in [4.69, 9.17) is 23.2 Å². The van der Waals surface area contributed by atoms with Crippen LogP contribution in [-0.4, -0.2) is 15.5 Å². The number of nitrogens with one attached hydrogen (secondary N) is 1. The molecule has 1 aromatic heterocycles. The van der Waals surface area contributed by atoms with Crippen molar-refractivity contribution in [2.24, 2.45) is 0 Å². The number of rotatable bonds is 3. The van der Waals surface area contributed by atoms with Gasteiger partial charge in [0.2, 0.25) is 5.95 Å². The molecule has 0 spiro atoms. The van der Waals surface area contributed by atoms with E-state index in [1.54, 1.807) is 12.1 Å². The van der Waals surface area contributed by atoms with Crippen LogP contribution in [0.2, 0.25) is 10.0 Å². The molecule has 112 valence electrons. The van der Waals surface area contributed by atoms with Crippen LogP contribution >= 0.6 is 23.2 Å². The van der Waals surface area contributed by atoms with Gasteiger partial charge in [0.15, 0.2) is 0 Å². The summed E-state index contributed by atoms with van der Waals surface area (Å²) in [5, 5.41) is 3.61. The van der Waals surface area contributed by atoms with Gasteiger partial charge in [0.25, 0.3) is 5.91 Å². The third kappa shape index (κ3) is 2.67. The topological polar surface area (TPSA) is 46.9 Å². The van der Waals surface area contributed by atoms with Crippen LogP contribution in [-0.2, 0) is 6.54 Å². The van der Waals surface area contributed by atoms with Crippen molar-refractivity contribution in [1.29, 1.82) is 0 Å². The Morgan fingerprint density at radius 2 is 2.00 bits per heavy atom. The van der Waals surface area contributed by atoms with Crippen molar-refractivity contribution >= 4 is 46.1 Å². The summed E-state index contributed by atoms with van der Waals surface area (Å²) in [7, 11) is 0. The van der Waals surface area contributed by atoms with Crippen molar-refractivity contribution in [1.82, 2.24) is 9.55 Å². The number of hydrogen-bond acceptors (Lipinski definition) is 2. The van der Waals surface area contributed by atoms with Crippen LogP contribution in [0.25, 0.3) is 11.0 Å². The van der Waals surface area contributed by atoms with Gasteiger partial charge in [-0.1, -0.05) is 35.3 Å². The Balaban J connectivity index is 1.99. The third-order valence-corrected chi connectivity index (χ3v) is 3.93. The van der Waals surface area contributed by atoms with Gasteiger partial charge >= 0.3 is 0 Å². The predicted molar refractivity (Wildman–Crippen MR) is 89.8 cm³/mol. The molecule has 3 rings (SSSR count). The van der Waals surface area contributed by atoms with E-state index < -0.39 is 0 Å². The molecule has 0 saturated heterocycles. The number of anilines is 1. The lowest BCUT2D eigenvalue weighted by molar-refractivity contribution is 0.102. The second-order valence-corrected chi connectivity index (χ2v) is 5.59. The molecule has 0 aliphatic heterocycles. The van der Waals surface area contributed by atoms with E-state index in [1.165, 1.54) is 6.07 Å². The van der Waals surface area contributed by atoms with Crippen molar-refractivity contribution in [2.45, 2.75) is 13.5 Å². The average molecular weight is 334 g/mol. The Morgan fingerprint density at radius 3 is 2.77 bits per heavy atom. The molecular weight excluding hydrogens is 321 g/mol. The summed E-state index contributed by atoms with van der Waals surface area (Å²) < 4.78 is 1.94. The Bertz CT molecular complexity index is 858. The molecule has 1 heterocycles. The Hall–Kier alpha value is -2.04. The van der Waals surface area contributed by atoms with Gasteiger partial charge in [0.1, 0.15) is 0 Å². The van der Waals surface area contributed by atoms with Gasteiger partial charge in [0.05, 0.1) is 21.6 Å². The number of halogens is 2. The average Bonchev–Trinajstić information content (AvgIpc) is 2.86. The summed E-state index contributed by atoms with van der Waals surface area (Å²) in [5.41, 5.74) is 2.12. The van der Waals surface area contributed by atoms with Crippen molar-refractivity contribution in [2.75, 3.05) is 5.32 Å². The summed E-state index contributed by atoms with van der Waals surface area (Å²) in [6.45, 7) is 2.69. The first kappa shape index (κ1) is 14.9. The zero-order chi connectivity index (χ0) is 15.7. The van der Waals surface area contributed by atoms with Crippen molar-refractivity contribution in [3.8, 4) is 0 Å². The number of para-hydroxylation sites is 2. The highest BCUT2D eigenvalue weighted by Gasteiger charge is 2.15. The number of imidazole rings is 1. The monoisotopic (exact) mass is 333 g/mol. The van der Waals surface area contributed by atoms with E-state index in [-0.39, 0.29) is 5.91 Å². The highest BCUT2D eigenvalue weighted by atomic mass is 35.5. The van der Waals surface area contributed by atoms with Gasteiger partial charge in [-0.3, -0.25) is 10.1 Å². The van der Waals surface area contributed by atoms with Crippen molar-refractivity contribution < 1.29 is 4.79 Å². The van der Waals surface area contributed by atoms with E-state index in [9.17, 15) is 4.79 Å². The molecule has 0 atom stereocenters. The Morgan fingerprint density at radius 1 is 1.23 bits per heavy atom. The molecule has 1 N–H and O–H groups in total. The summed E-state index contributed by atoms with van der Waals surface area (Å²) in [5.74, 6) is 0.155. The molecule has 0 aliphatic rings. The van der Waals surface area contributed by atoms with Gasteiger partial charge < -0.3 is 4.57 Å². The smallest absolute Gasteiger partial charge is 0.259 e. The van der Waals surface area contributed by atoms with Crippen LogP contribution in [0.15, 0.2) is 42.5 Å². The molecule has 0 bridgehead atoms. The Kier molecular flexibility index (Phi) is 4.05. The van der Waals surface area contributed by atoms with E-state index in [0.717, 1.165) is 11.0 Å². The minimum absolute atomic E-state index is 0.323. The highest BCUT2D eigenvalue weighted by molar-refractivity contribution is 6.36. The molecule has 0 unspecified atom stereocenters. The first-order valence-corrected chi connectivity index (χ1v) is 7.57. The molecule has 0 radical (unpaired) electrons. The van der Waals surface area contributed by atoms with E-state index in [2.05, 4.69) is 10.3 Å². The fraction of sp³-hybridized carbons (Fsp3) is 0.125. The molecule has 0 fully saturated rings. The normalized spacial score (nSPS) is 10.9. The molecule has 0 aliphatic carbocycles. The van der Waals surface area contributed by atoms with Gasteiger partial charge in [0, 0.05) is 11.6 Å². The van der Waals surface area contributed by atoms with Crippen LogP contribution in [0, 0.1) is 0 Å². The lowest BCUT2D eigenvalue weighted by Gasteiger charge is -2.09. The lowest BCUT2D eigenvalue weighted by Crippen LogP contribution is -2.16. The number of benzene rings is 2. The van der Waals surface area contributed by atoms with E-state index in [1.807, 2.05) is 35.8 Å². The van der Waals surface area contributed by atoms with Crippen molar-refractivity contribution in [3.05, 3.63) is 58.1 Å². The molecule has 4 nitrogen and oxygen atoms in total. The summed E-state index contributed by atoms with van der Waals surface area (Å²) >= 11 is 12.0. The first-order valence-electron chi connectivity index (χ1n) is 6.82. The number of fused-ring (bicyclic) bond motifs is 1. The predicted octanol–water partition coefficient (Wildman–Crippen LogP) is 4.62. The highest BCUT2D eigenvalue weighted by Crippen LogP contribution is 2.23. The van der Waals surface area contributed by atoms with E-state index >= 15 is 0 Å². The first-order chi connectivity index (χ1) is 10.6. The summed E-state index contributed by atoms with van der Waals surface area (Å²) in [6.07, 6.45) is 0. The summed E-state index contributed by atoms with van der Waals surface area (Å²) in [4.78, 5) is 16.9. The number of carbonyl (C=O) groups excluding carboxylic acids is 1. The number of carbonyl (C=O) groups is 1. The maximum Gasteiger partial charge on any atom is 0.259 e. The lowest BCUT2D eigenvalue weighted by atomic mass is 10.2. The molecule has 2 aromatic carbocycles. The van der Waals surface area contributed by atoms with Gasteiger partial charge in [-0.15, -0.1) is 0 Å². The zero-order valence-electron chi connectivity index (χ0n) is 11.8. The summed E-state index contributed by atoms with van der Waals surface area (Å²) in [6, 6.07) is 12.5. The number of aromatic nitrogens is 2. The van der Waals surface area contributed by atoms with E-state index in [0.29, 0.717) is 28.1 Å². The molecule has 1 amide bonds.